The van der Waals surface area contributed by atoms with Gasteiger partial charge in [-0.25, -0.2) is 0 Å². The summed E-state index contributed by atoms with van der Waals surface area (Å²) in [6, 6.07) is 6.76. The first-order valence-electron chi connectivity index (χ1n) is 9.13. The maximum absolute atomic E-state index is 9.97. The predicted molar refractivity (Wildman–Crippen MR) is 104 cm³/mol. The summed E-state index contributed by atoms with van der Waals surface area (Å²) in [5.74, 6) is 0.323. The normalized spacial score (nSPS) is 19.5. The summed E-state index contributed by atoms with van der Waals surface area (Å²) in [4.78, 5) is 8.53. The van der Waals surface area contributed by atoms with E-state index in [9.17, 15) is 5.11 Å². The van der Waals surface area contributed by atoms with E-state index >= 15 is 0 Å². The number of dihydropyridines is 1. The van der Waals surface area contributed by atoms with Gasteiger partial charge in [0.2, 0.25) is 0 Å². The number of rotatable bonds is 3. The number of benzene rings is 1. The molecule has 1 atom stereocenters. The molecule has 2 aliphatic heterocycles. The third kappa shape index (κ3) is 4.73. The number of nitrogens with zero attached hydrogens (tertiary/aromatic N) is 2. The first-order valence-corrected chi connectivity index (χ1v) is 9.13. The molecule has 1 aromatic heterocycles. The third-order valence-corrected chi connectivity index (χ3v) is 4.60. The van der Waals surface area contributed by atoms with Crippen molar-refractivity contribution in [2.75, 3.05) is 13.1 Å². The summed E-state index contributed by atoms with van der Waals surface area (Å²) in [5.41, 5.74) is 4.49. The van der Waals surface area contributed by atoms with Crippen molar-refractivity contribution in [3.8, 4) is 0 Å². The molecule has 0 spiro atoms. The molecule has 2 aliphatic rings. The quantitative estimate of drug-likeness (QED) is 0.679. The van der Waals surface area contributed by atoms with E-state index in [4.69, 9.17) is 0 Å². The van der Waals surface area contributed by atoms with Crippen LogP contribution in [0.1, 0.15) is 32.3 Å². The van der Waals surface area contributed by atoms with Crippen LogP contribution in [0.25, 0.3) is 11.0 Å². The topological polar surface area (TPSA) is 82.1 Å². The fourth-order valence-electron chi connectivity index (χ4n) is 3.00. The Morgan fingerprint density at radius 2 is 2.04 bits per heavy atom. The molecule has 1 aromatic carbocycles. The van der Waals surface area contributed by atoms with Gasteiger partial charge in [0.25, 0.3) is 0 Å². The number of aliphatic hydroxyl groups excluding tert-OH is 1. The van der Waals surface area contributed by atoms with Crippen LogP contribution >= 0.6 is 0 Å². The van der Waals surface area contributed by atoms with E-state index in [-0.39, 0.29) is 0 Å². The highest BCUT2D eigenvalue weighted by atomic mass is 16.3. The Bertz CT molecular complexity index is 809. The summed E-state index contributed by atoms with van der Waals surface area (Å²) < 4.78 is 0. The lowest BCUT2D eigenvalue weighted by molar-refractivity contribution is 0.399. The highest BCUT2D eigenvalue weighted by molar-refractivity contribution is 5.74. The van der Waals surface area contributed by atoms with Crippen LogP contribution in [-0.2, 0) is 6.54 Å². The summed E-state index contributed by atoms with van der Waals surface area (Å²) in [6.45, 7) is 6.68. The molecule has 3 heterocycles. The second kappa shape index (κ2) is 8.67. The van der Waals surface area contributed by atoms with Crippen molar-refractivity contribution < 1.29 is 5.11 Å². The number of hydrogen-bond donors (Lipinski definition) is 4. The molecule has 2 aromatic rings. The molecule has 0 aliphatic carbocycles. The average Bonchev–Trinajstić information content (AvgIpc) is 3.14. The van der Waals surface area contributed by atoms with E-state index in [1.165, 1.54) is 19.4 Å². The van der Waals surface area contributed by atoms with E-state index in [0.717, 1.165) is 28.2 Å². The molecule has 6 nitrogen and oxygen atoms in total. The van der Waals surface area contributed by atoms with E-state index in [2.05, 4.69) is 32.8 Å². The molecular formula is C20H27N5O. The van der Waals surface area contributed by atoms with Crippen molar-refractivity contribution in [1.29, 1.82) is 0 Å². The minimum atomic E-state index is 0.323. The Kier molecular flexibility index (Phi) is 6.07. The van der Waals surface area contributed by atoms with Crippen molar-refractivity contribution in [3.05, 3.63) is 59.4 Å². The van der Waals surface area contributed by atoms with Gasteiger partial charge in [0, 0.05) is 37.7 Å². The van der Waals surface area contributed by atoms with Gasteiger partial charge >= 0.3 is 0 Å². The molecule has 1 saturated heterocycles. The van der Waals surface area contributed by atoms with Gasteiger partial charge in [-0.05, 0) is 56.5 Å². The van der Waals surface area contributed by atoms with Crippen LogP contribution in [0, 0.1) is 0 Å². The summed E-state index contributed by atoms with van der Waals surface area (Å²) in [7, 11) is 0. The van der Waals surface area contributed by atoms with Gasteiger partial charge < -0.3 is 21.1 Å². The molecule has 4 N–H and O–H groups in total. The molecule has 0 bridgehead atoms. The van der Waals surface area contributed by atoms with Gasteiger partial charge in [0.05, 0.1) is 16.7 Å². The van der Waals surface area contributed by atoms with Crippen molar-refractivity contribution in [2.45, 2.75) is 39.3 Å². The predicted octanol–water partition coefficient (Wildman–Crippen LogP) is 2.75. The maximum Gasteiger partial charge on any atom is 0.140 e. The van der Waals surface area contributed by atoms with Crippen LogP contribution in [0.15, 0.2) is 53.8 Å². The minimum Gasteiger partial charge on any atom is -0.506 e. The molecule has 0 amide bonds. The Balaban J connectivity index is 0.000000278. The molecule has 1 fully saturated rings. The highest BCUT2D eigenvalue weighted by Crippen LogP contribution is 2.15. The van der Waals surface area contributed by atoms with Gasteiger partial charge in [-0.2, -0.15) is 0 Å². The Hall–Kier alpha value is -2.60. The van der Waals surface area contributed by atoms with E-state index in [1.54, 1.807) is 18.6 Å². The zero-order valence-corrected chi connectivity index (χ0v) is 15.4. The van der Waals surface area contributed by atoms with Gasteiger partial charge in [-0.3, -0.25) is 9.97 Å². The summed E-state index contributed by atoms with van der Waals surface area (Å²) >= 11 is 0. The van der Waals surface area contributed by atoms with Gasteiger partial charge in [0.1, 0.15) is 5.76 Å². The largest absolute Gasteiger partial charge is 0.506 e. The summed E-state index contributed by atoms with van der Waals surface area (Å²) in [6.07, 6.45) is 7.92. The second-order valence-corrected chi connectivity index (χ2v) is 6.80. The van der Waals surface area contributed by atoms with Gasteiger partial charge in [0.15, 0.2) is 0 Å². The Morgan fingerprint density at radius 1 is 1.23 bits per heavy atom. The number of aromatic nitrogens is 2. The fraction of sp³-hybridized carbons (Fsp3) is 0.400. The third-order valence-electron chi connectivity index (χ3n) is 4.60. The van der Waals surface area contributed by atoms with Crippen molar-refractivity contribution in [3.63, 3.8) is 0 Å². The molecule has 26 heavy (non-hydrogen) atoms. The monoisotopic (exact) mass is 353 g/mol. The zero-order chi connectivity index (χ0) is 18.4. The minimum absolute atomic E-state index is 0.323. The van der Waals surface area contributed by atoms with Crippen molar-refractivity contribution >= 4 is 11.0 Å². The number of nitrogens with one attached hydrogen (secondary N) is 3. The van der Waals surface area contributed by atoms with Crippen LogP contribution in [0.4, 0.5) is 0 Å². The molecule has 4 rings (SSSR count). The molecule has 138 valence electrons. The number of fused-ring (bicyclic) bond motifs is 1. The first kappa shape index (κ1) is 18.2. The lowest BCUT2D eigenvalue weighted by Crippen LogP contribution is -2.24. The van der Waals surface area contributed by atoms with Crippen molar-refractivity contribution in [2.24, 2.45) is 0 Å². The highest BCUT2D eigenvalue weighted by Gasteiger charge is 2.11. The van der Waals surface area contributed by atoms with Crippen molar-refractivity contribution in [1.82, 2.24) is 25.9 Å². The Labute approximate surface area is 154 Å². The number of aliphatic hydroxyl groups is 1. The summed E-state index contributed by atoms with van der Waals surface area (Å²) in [5, 5.41) is 19.6. The SMILES string of the molecule is CC1=C(O)C(NCc2ccc3nccnc3c2)=CNC1.CC1CCCN1. The lowest BCUT2D eigenvalue weighted by atomic mass is 10.1. The van der Waals surface area contributed by atoms with Gasteiger partial charge in [-0.1, -0.05) is 6.07 Å². The molecule has 1 unspecified atom stereocenters. The average molecular weight is 353 g/mol. The van der Waals surface area contributed by atoms with Gasteiger partial charge in [-0.15, -0.1) is 0 Å². The van der Waals surface area contributed by atoms with E-state index in [1.807, 2.05) is 25.1 Å². The van der Waals surface area contributed by atoms with Crippen LogP contribution in [-0.4, -0.2) is 34.2 Å². The van der Waals surface area contributed by atoms with E-state index < -0.39 is 0 Å². The van der Waals surface area contributed by atoms with E-state index in [0.29, 0.717) is 24.5 Å². The van der Waals surface area contributed by atoms with Crippen LogP contribution < -0.4 is 16.0 Å². The van der Waals surface area contributed by atoms with Crippen LogP contribution in [0.3, 0.4) is 0 Å². The molecule has 0 saturated carbocycles. The van der Waals surface area contributed by atoms with Crippen LogP contribution in [0.5, 0.6) is 0 Å². The molecular weight excluding hydrogens is 326 g/mol. The number of hydrogen-bond acceptors (Lipinski definition) is 6. The lowest BCUT2D eigenvalue weighted by Gasteiger charge is -2.18. The standard InChI is InChI=1S/C15H16N4O.C5H11N/c1-10-7-16-9-14(15(10)20)19-8-11-2-3-12-13(6-11)18-5-4-17-12;1-5-3-2-4-6-5/h2-6,9,16,19-20H,7-8H2,1H3;5-6H,2-4H2,1H3. The first-order chi connectivity index (χ1) is 12.6. The molecule has 0 radical (unpaired) electrons. The zero-order valence-electron chi connectivity index (χ0n) is 15.4. The second-order valence-electron chi connectivity index (χ2n) is 6.80. The Morgan fingerprint density at radius 3 is 2.73 bits per heavy atom. The van der Waals surface area contributed by atoms with Crippen LogP contribution in [0.2, 0.25) is 0 Å². The smallest absolute Gasteiger partial charge is 0.140 e. The fourth-order valence-corrected chi connectivity index (χ4v) is 3.00. The molecule has 6 heteroatoms. The maximum atomic E-state index is 9.97.